The summed E-state index contributed by atoms with van der Waals surface area (Å²) >= 11 is 0. The molecule has 116 valence electrons. The molecule has 0 bridgehead atoms. The third-order valence-electron chi connectivity index (χ3n) is 4.94. The molecule has 2 N–H and O–H groups in total. The first-order chi connectivity index (χ1) is 9.92. The molecule has 0 amide bonds. The van der Waals surface area contributed by atoms with Gasteiger partial charge in [-0.25, -0.2) is 0 Å². The molecule has 0 radical (unpaired) electrons. The van der Waals surface area contributed by atoms with E-state index < -0.39 is 0 Å². The van der Waals surface area contributed by atoms with E-state index in [2.05, 4.69) is 55.3 Å². The molecule has 3 heteroatoms. The Balaban J connectivity index is 1.60. The Labute approximate surface area is 128 Å². The number of aliphatic hydroxyl groups is 1. The molecule has 3 rings (SSSR count). The van der Waals surface area contributed by atoms with Crippen molar-refractivity contribution in [3.8, 4) is 0 Å². The molecule has 3 atom stereocenters. The summed E-state index contributed by atoms with van der Waals surface area (Å²) in [6.07, 6.45) is 2.12. The molecule has 1 aliphatic heterocycles. The largest absolute Gasteiger partial charge is 0.393 e. The van der Waals surface area contributed by atoms with Gasteiger partial charge in [0.15, 0.2) is 0 Å². The Morgan fingerprint density at radius 2 is 1.86 bits per heavy atom. The van der Waals surface area contributed by atoms with Crippen LogP contribution in [0.1, 0.15) is 39.2 Å². The first kappa shape index (κ1) is 14.9. The van der Waals surface area contributed by atoms with Gasteiger partial charge in [-0.15, -0.1) is 0 Å². The van der Waals surface area contributed by atoms with E-state index in [1.807, 2.05) is 0 Å². The van der Waals surface area contributed by atoms with Gasteiger partial charge in [-0.3, -0.25) is 0 Å². The number of rotatable bonds is 3. The van der Waals surface area contributed by atoms with E-state index in [0.29, 0.717) is 11.8 Å². The molecule has 1 saturated carbocycles. The van der Waals surface area contributed by atoms with Crippen molar-refractivity contribution in [2.45, 2.75) is 51.8 Å². The lowest BCUT2D eigenvalue weighted by Crippen LogP contribution is -2.35. The number of benzene rings is 1. The Morgan fingerprint density at radius 3 is 2.48 bits per heavy atom. The van der Waals surface area contributed by atoms with Crippen LogP contribution in [0.2, 0.25) is 0 Å². The monoisotopic (exact) mass is 288 g/mol. The summed E-state index contributed by atoms with van der Waals surface area (Å²) in [4.78, 5) is 2.44. The fourth-order valence-electron chi connectivity index (χ4n) is 3.64. The Hall–Kier alpha value is -1.06. The van der Waals surface area contributed by atoms with Gasteiger partial charge in [0.05, 0.1) is 6.10 Å². The third-order valence-corrected chi connectivity index (χ3v) is 4.94. The lowest BCUT2D eigenvalue weighted by atomic mass is 10.00. The van der Waals surface area contributed by atoms with E-state index in [4.69, 9.17) is 0 Å². The van der Waals surface area contributed by atoms with Crippen LogP contribution in [0.5, 0.6) is 0 Å². The number of aliphatic hydroxyl groups excluding tert-OH is 1. The Kier molecular flexibility index (Phi) is 3.98. The maximum atomic E-state index is 10.0. The molecule has 1 saturated heterocycles. The van der Waals surface area contributed by atoms with Gasteiger partial charge in [-0.2, -0.15) is 0 Å². The normalized spacial score (nSPS) is 29.0. The average molecular weight is 288 g/mol. The maximum absolute atomic E-state index is 10.0. The second-order valence-corrected chi connectivity index (χ2v) is 7.74. The van der Waals surface area contributed by atoms with Gasteiger partial charge in [0.25, 0.3) is 0 Å². The molecule has 2 fully saturated rings. The number of nitrogens with one attached hydrogen (secondary N) is 1. The molecule has 1 aliphatic carbocycles. The number of hydrogen-bond acceptors (Lipinski definition) is 3. The van der Waals surface area contributed by atoms with Crippen LogP contribution in [0.4, 0.5) is 5.69 Å². The van der Waals surface area contributed by atoms with Gasteiger partial charge >= 0.3 is 0 Å². The van der Waals surface area contributed by atoms with Crippen LogP contribution < -0.4 is 10.2 Å². The molecule has 1 aromatic carbocycles. The maximum Gasteiger partial charge on any atom is 0.0588 e. The zero-order chi connectivity index (χ0) is 15.0. The summed E-state index contributed by atoms with van der Waals surface area (Å²) in [5, 5.41) is 13.5. The molecule has 0 aromatic heterocycles. The van der Waals surface area contributed by atoms with Crippen LogP contribution in [-0.4, -0.2) is 29.8 Å². The van der Waals surface area contributed by atoms with Gasteiger partial charge < -0.3 is 15.3 Å². The first-order valence-corrected chi connectivity index (χ1v) is 8.19. The topological polar surface area (TPSA) is 35.5 Å². The summed E-state index contributed by atoms with van der Waals surface area (Å²) in [5.41, 5.74) is 2.78. The highest BCUT2D eigenvalue weighted by Gasteiger charge is 2.41. The van der Waals surface area contributed by atoms with Crippen LogP contribution in [-0.2, 0) is 6.54 Å². The van der Waals surface area contributed by atoms with E-state index in [-0.39, 0.29) is 11.6 Å². The minimum atomic E-state index is -0.0738. The van der Waals surface area contributed by atoms with Crippen molar-refractivity contribution >= 4 is 5.69 Å². The highest BCUT2D eigenvalue weighted by atomic mass is 16.3. The van der Waals surface area contributed by atoms with E-state index in [0.717, 1.165) is 26.1 Å². The summed E-state index contributed by atoms with van der Waals surface area (Å²) in [7, 11) is 0. The quantitative estimate of drug-likeness (QED) is 0.898. The second kappa shape index (κ2) is 5.62. The second-order valence-electron chi connectivity index (χ2n) is 7.74. The zero-order valence-electron chi connectivity index (χ0n) is 13.5. The Bertz CT molecular complexity index is 477. The van der Waals surface area contributed by atoms with E-state index >= 15 is 0 Å². The van der Waals surface area contributed by atoms with Crippen LogP contribution in [0.25, 0.3) is 0 Å². The van der Waals surface area contributed by atoms with Crippen LogP contribution in [0.15, 0.2) is 24.3 Å². The molecule has 3 nitrogen and oxygen atoms in total. The molecule has 2 aliphatic rings. The molecular weight excluding hydrogens is 260 g/mol. The summed E-state index contributed by atoms with van der Waals surface area (Å²) in [6.45, 7) is 9.61. The highest BCUT2D eigenvalue weighted by Crippen LogP contribution is 2.39. The van der Waals surface area contributed by atoms with Crippen molar-refractivity contribution in [1.82, 2.24) is 5.32 Å². The minimum absolute atomic E-state index is 0.0738. The van der Waals surface area contributed by atoms with E-state index in [1.54, 1.807) is 0 Å². The van der Waals surface area contributed by atoms with Gasteiger partial charge in [0, 0.05) is 36.8 Å². The van der Waals surface area contributed by atoms with Crippen molar-refractivity contribution in [2.75, 3.05) is 18.0 Å². The van der Waals surface area contributed by atoms with Crippen LogP contribution >= 0.6 is 0 Å². The third kappa shape index (κ3) is 3.41. The van der Waals surface area contributed by atoms with Crippen molar-refractivity contribution < 1.29 is 5.11 Å². The Morgan fingerprint density at radius 1 is 1.14 bits per heavy atom. The predicted molar refractivity (Wildman–Crippen MR) is 87.5 cm³/mol. The SMILES string of the molecule is CC(C)(C)NCc1ccc(N2CC3CCC(O)C3C2)cc1. The van der Waals surface area contributed by atoms with Crippen molar-refractivity contribution in [2.24, 2.45) is 11.8 Å². The number of hydrogen-bond donors (Lipinski definition) is 2. The number of anilines is 1. The van der Waals surface area contributed by atoms with Gasteiger partial charge in [0.2, 0.25) is 0 Å². The summed E-state index contributed by atoms with van der Waals surface area (Å²) < 4.78 is 0. The van der Waals surface area contributed by atoms with Gasteiger partial charge in [0.1, 0.15) is 0 Å². The van der Waals surface area contributed by atoms with Crippen molar-refractivity contribution in [1.29, 1.82) is 0 Å². The van der Waals surface area contributed by atoms with Gasteiger partial charge in [-0.1, -0.05) is 12.1 Å². The molecular formula is C18H28N2O. The van der Waals surface area contributed by atoms with Crippen molar-refractivity contribution in [3.05, 3.63) is 29.8 Å². The molecule has 1 aromatic rings. The number of fused-ring (bicyclic) bond motifs is 1. The molecule has 1 heterocycles. The minimum Gasteiger partial charge on any atom is -0.393 e. The smallest absolute Gasteiger partial charge is 0.0588 e. The highest BCUT2D eigenvalue weighted by molar-refractivity contribution is 5.49. The lowest BCUT2D eigenvalue weighted by molar-refractivity contribution is 0.133. The summed E-state index contributed by atoms with van der Waals surface area (Å²) in [6, 6.07) is 8.90. The molecule has 0 spiro atoms. The predicted octanol–water partition coefficient (Wildman–Crippen LogP) is 2.78. The average Bonchev–Trinajstić information content (AvgIpc) is 2.99. The number of nitrogens with zero attached hydrogens (tertiary/aromatic N) is 1. The first-order valence-electron chi connectivity index (χ1n) is 8.19. The van der Waals surface area contributed by atoms with Crippen LogP contribution in [0.3, 0.4) is 0 Å². The fraction of sp³-hybridized carbons (Fsp3) is 0.667. The van der Waals surface area contributed by atoms with Gasteiger partial charge in [-0.05, 0) is 57.2 Å². The summed E-state index contributed by atoms with van der Waals surface area (Å²) in [5.74, 6) is 1.19. The van der Waals surface area contributed by atoms with Crippen LogP contribution in [0, 0.1) is 11.8 Å². The fourth-order valence-corrected chi connectivity index (χ4v) is 3.64. The molecule has 3 unspecified atom stereocenters. The lowest BCUT2D eigenvalue weighted by Gasteiger charge is -2.22. The van der Waals surface area contributed by atoms with Crippen molar-refractivity contribution in [3.63, 3.8) is 0 Å². The standard InChI is InChI=1S/C18H28N2O/c1-18(2,3)19-10-13-4-7-15(8-5-13)20-11-14-6-9-17(21)16(14)12-20/h4-5,7-8,14,16-17,19,21H,6,9-12H2,1-3H3. The zero-order valence-corrected chi connectivity index (χ0v) is 13.5. The van der Waals surface area contributed by atoms with E-state index in [9.17, 15) is 5.11 Å². The molecule has 21 heavy (non-hydrogen) atoms. The van der Waals surface area contributed by atoms with E-state index in [1.165, 1.54) is 17.7 Å².